The number of nitrogens with zero attached hydrogens (tertiary/aromatic N) is 1. The molecule has 0 heterocycles. The van der Waals surface area contributed by atoms with Gasteiger partial charge in [0.05, 0.1) is 6.42 Å². The monoisotopic (exact) mass is 174 g/mol. The van der Waals surface area contributed by atoms with E-state index in [2.05, 4.69) is 4.90 Å². The summed E-state index contributed by atoms with van der Waals surface area (Å²) in [6, 6.07) is -0.248. The first-order valence-corrected chi connectivity index (χ1v) is 4.29. The molecular weight excluding hydrogens is 156 g/mol. The van der Waals surface area contributed by atoms with Gasteiger partial charge in [-0.3, -0.25) is 4.79 Å². The van der Waals surface area contributed by atoms with Crippen LogP contribution in [-0.4, -0.2) is 41.7 Å². The van der Waals surface area contributed by atoms with Crippen molar-refractivity contribution < 1.29 is 9.90 Å². The van der Waals surface area contributed by atoms with E-state index in [0.717, 1.165) is 13.1 Å². The van der Waals surface area contributed by atoms with Crippen molar-refractivity contribution in [2.45, 2.75) is 26.3 Å². The molecule has 0 radical (unpaired) electrons. The zero-order valence-electron chi connectivity index (χ0n) is 7.79. The Labute approximate surface area is 73.3 Å². The van der Waals surface area contributed by atoms with E-state index < -0.39 is 5.97 Å². The SMILES string of the molecule is CCN(CC)CC(N)CC(=O)O. The first kappa shape index (κ1) is 11.4. The molecule has 4 nitrogen and oxygen atoms in total. The third-order valence-electron chi connectivity index (χ3n) is 1.82. The van der Waals surface area contributed by atoms with Crippen molar-refractivity contribution in [2.24, 2.45) is 5.73 Å². The van der Waals surface area contributed by atoms with Crippen LogP contribution in [-0.2, 0) is 4.79 Å². The largest absolute Gasteiger partial charge is 0.481 e. The van der Waals surface area contributed by atoms with Gasteiger partial charge in [0.25, 0.3) is 0 Å². The van der Waals surface area contributed by atoms with Crippen LogP contribution in [0.3, 0.4) is 0 Å². The van der Waals surface area contributed by atoms with E-state index in [1.807, 2.05) is 13.8 Å². The van der Waals surface area contributed by atoms with E-state index in [9.17, 15) is 4.79 Å². The summed E-state index contributed by atoms with van der Waals surface area (Å²) >= 11 is 0. The fourth-order valence-corrected chi connectivity index (χ4v) is 1.10. The molecular formula is C8H18N2O2. The Morgan fingerprint density at radius 3 is 2.33 bits per heavy atom. The number of carboxylic acid groups (broad SMARTS) is 1. The quantitative estimate of drug-likeness (QED) is 0.600. The Bertz CT molecular complexity index is 135. The van der Waals surface area contributed by atoms with Gasteiger partial charge in [-0.05, 0) is 13.1 Å². The molecule has 0 aliphatic carbocycles. The van der Waals surface area contributed by atoms with Crippen molar-refractivity contribution in [3.63, 3.8) is 0 Å². The molecule has 1 atom stereocenters. The van der Waals surface area contributed by atoms with Crippen molar-refractivity contribution in [1.29, 1.82) is 0 Å². The minimum atomic E-state index is -0.824. The van der Waals surface area contributed by atoms with E-state index in [4.69, 9.17) is 10.8 Å². The zero-order chi connectivity index (χ0) is 9.56. The normalized spacial score (nSPS) is 13.3. The van der Waals surface area contributed by atoms with Gasteiger partial charge in [-0.25, -0.2) is 0 Å². The smallest absolute Gasteiger partial charge is 0.304 e. The molecule has 0 spiro atoms. The summed E-state index contributed by atoms with van der Waals surface area (Å²) in [4.78, 5) is 12.4. The molecule has 0 fully saturated rings. The minimum Gasteiger partial charge on any atom is -0.481 e. The maximum absolute atomic E-state index is 10.3. The van der Waals surface area contributed by atoms with Crippen LogP contribution < -0.4 is 5.73 Å². The van der Waals surface area contributed by atoms with Gasteiger partial charge in [-0.2, -0.15) is 0 Å². The second-order valence-corrected chi connectivity index (χ2v) is 2.84. The lowest BCUT2D eigenvalue weighted by molar-refractivity contribution is -0.137. The van der Waals surface area contributed by atoms with Crippen molar-refractivity contribution in [2.75, 3.05) is 19.6 Å². The highest BCUT2D eigenvalue weighted by molar-refractivity contribution is 5.67. The number of rotatable bonds is 6. The molecule has 1 unspecified atom stereocenters. The van der Waals surface area contributed by atoms with Crippen molar-refractivity contribution in [3.05, 3.63) is 0 Å². The minimum absolute atomic E-state index is 0.0521. The third kappa shape index (κ3) is 5.09. The highest BCUT2D eigenvalue weighted by Crippen LogP contribution is 1.93. The Balaban J connectivity index is 3.65. The molecule has 0 bridgehead atoms. The van der Waals surface area contributed by atoms with Crippen LogP contribution in [0.1, 0.15) is 20.3 Å². The van der Waals surface area contributed by atoms with Crippen LogP contribution >= 0.6 is 0 Å². The molecule has 0 aromatic carbocycles. The Hall–Kier alpha value is -0.610. The summed E-state index contributed by atoms with van der Waals surface area (Å²) in [5, 5.41) is 8.44. The molecule has 0 saturated heterocycles. The van der Waals surface area contributed by atoms with Crippen LogP contribution in [0, 0.1) is 0 Å². The summed E-state index contributed by atoms with van der Waals surface area (Å²) in [6.07, 6.45) is 0.0521. The molecule has 3 N–H and O–H groups in total. The molecule has 0 amide bonds. The van der Waals surface area contributed by atoms with Gasteiger partial charge in [0, 0.05) is 12.6 Å². The molecule has 0 aromatic heterocycles. The lowest BCUT2D eigenvalue weighted by atomic mass is 10.2. The van der Waals surface area contributed by atoms with Gasteiger partial charge >= 0.3 is 5.97 Å². The molecule has 0 aliphatic rings. The summed E-state index contributed by atoms with van der Waals surface area (Å²) in [7, 11) is 0. The first-order chi connectivity index (χ1) is 5.60. The van der Waals surface area contributed by atoms with E-state index in [1.54, 1.807) is 0 Å². The first-order valence-electron chi connectivity index (χ1n) is 4.29. The molecule has 12 heavy (non-hydrogen) atoms. The predicted octanol–water partition coefficient (Wildman–Crippen LogP) is 0.130. The Morgan fingerprint density at radius 2 is 2.00 bits per heavy atom. The summed E-state index contributed by atoms with van der Waals surface area (Å²) in [5.74, 6) is -0.824. The number of nitrogens with two attached hydrogens (primary N) is 1. The van der Waals surface area contributed by atoms with Crippen molar-refractivity contribution >= 4 is 5.97 Å². The van der Waals surface area contributed by atoms with Crippen LogP contribution in [0.5, 0.6) is 0 Å². The van der Waals surface area contributed by atoms with E-state index in [0.29, 0.717) is 6.54 Å². The van der Waals surface area contributed by atoms with E-state index in [-0.39, 0.29) is 12.5 Å². The van der Waals surface area contributed by atoms with Gasteiger partial charge in [0.1, 0.15) is 0 Å². The summed E-state index contributed by atoms with van der Waals surface area (Å²) in [6.45, 7) is 6.58. The van der Waals surface area contributed by atoms with Gasteiger partial charge < -0.3 is 15.7 Å². The fraction of sp³-hybridized carbons (Fsp3) is 0.875. The standard InChI is InChI=1S/C8H18N2O2/c1-3-10(4-2)6-7(9)5-8(11)12/h7H,3-6,9H2,1-2H3,(H,11,12). The summed E-state index contributed by atoms with van der Waals surface area (Å²) < 4.78 is 0. The van der Waals surface area contributed by atoms with Crippen LogP contribution in [0.25, 0.3) is 0 Å². The highest BCUT2D eigenvalue weighted by atomic mass is 16.4. The molecule has 0 rings (SSSR count). The Morgan fingerprint density at radius 1 is 1.50 bits per heavy atom. The lowest BCUT2D eigenvalue weighted by Crippen LogP contribution is -2.38. The molecule has 0 aromatic rings. The van der Waals surface area contributed by atoms with Crippen LogP contribution in [0.2, 0.25) is 0 Å². The molecule has 4 heteroatoms. The maximum Gasteiger partial charge on any atom is 0.304 e. The zero-order valence-corrected chi connectivity index (χ0v) is 7.79. The number of hydrogen-bond donors (Lipinski definition) is 2. The average Bonchev–Trinajstić information content (AvgIpc) is 1.98. The van der Waals surface area contributed by atoms with Gasteiger partial charge in [0.2, 0.25) is 0 Å². The van der Waals surface area contributed by atoms with E-state index in [1.165, 1.54) is 0 Å². The summed E-state index contributed by atoms with van der Waals surface area (Å²) in [5.41, 5.74) is 5.60. The second kappa shape index (κ2) is 5.97. The Kier molecular flexibility index (Phi) is 5.66. The second-order valence-electron chi connectivity index (χ2n) is 2.84. The van der Waals surface area contributed by atoms with Gasteiger partial charge in [0.15, 0.2) is 0 Å². The third-order valence-corrected chi connectivity index (χ3v) is 1.82. The van der Waals surface area contributed by atoms with E-state index >= 15 is 0 Å². The number of carbonyl (C=O) groups is 1. The predicted molar refractivity (Wildman–Crippen MR) is 48.0 cm³/mol. The van der Waals surface area contributed by atoms with Crippen LogP contribution in [0.4, 0.5) is 0 Å². The maximum atomic E-state index is 10.3. The fourth-order valence-electron chi connectivity index (χ4n) is 1.10. The molecule has 0 saturated carbocycles. The van der Waals surface area contributed by atoms with Gasteiger partial charge in [-0.1, -0.05) is 13.8 Å². The van der Waals surface area contributed by atoms with Crippen LogP contribution in [0.15, 0.2) is 0 Å². The molecule has 72 valence electrons. The topological polar surface area (TPSA) is 66.6 Å². The number of likely N-dealkylation sites (N-methyl/N-ethyl adjacent to an activating group) is 1. The number of carboxylic acids is 1. The van der Waals surface area contributed by atoms with Crippen molar-refractivity contribution in [3.8, 4) is 0 Å². The lowest BCUT2D eigenvalue weighted by Gasteiger charge is -2.21. The average molecular weight is 174 g/mol. The number of aliphatic carboxylic acids is 1. The van der Waals surface area contributed by atoms with Crippen molar-refractivity contribution in [1.82, 2.24) is 4.90 Å². The number of hydrogen-bond acceptors (Lipinski definition) is 3. The molecule has 0 aliphatic heterocycles. The highest BCUT2D eigenvalue weighted by Gasteiger charge is 2.10. The van der Waals surface area contributed by atoms with Gasteiger partial charge in [-0.15, -0.1) is 0 Å².